The van der Waals surface area contributed by atoms with Crippen LogP contribution in [0.25, 0.3) is 0 Å². The molecule has 3 rings (SSSR count). The lowest BCUT2D eigenvalue weighted by molar-refractivity contribution is -0.151. The number of methoxy groups -OCH3 is 2. The summed E-state index contributed by atoms with van der Waals surface area (Å²) in [6.45, 7) is 4.31. The van der Waals surface area contributed by atoms with E-state index in [1.54, 1.807) is 7.11 Å². The lowest BCUT2D eigenvalue weighted by Gasteiger charge is -2.39. The number of allylic oxidation sites excluding steroid dienone is 2. The van der Waals surface area contributed by atoms with Gasteiger partial charge >= 0.3 is 5.97 Å². The zero-order chi connectivity index (χ0) is 19.6. The summed E-state index contributed by atoms with van der Waals surface area (Å²) < 4.78 is 11.8. The zero-order valence-electron chi connectivity index (χ0n) is 16.8. The summed E-state index contributed by atoms with van der Waals surface area (Å²) in [7, 11) is 3.24. The van der Waals surface area contributed by atoms with Gasteiger partial charge in [-0.1, -0.05) is 21.5 Å². The van der Waals surface area contributed by atoms with Crippen LogP contribution in [0.3, 0.4) is 0 Å². The Bertz CT molecular complexity index is 719. The van der Waals surface area contributed by atoms with E-state index < -0.39 is 5.54 Å². The van der Waals surface area contributed by atoms with Crippen LogP contribution in [-0.4, -0.2) is 31.8 Å². The second-order valence-electron chi connectivity index (χ2n) is 7.91. The first-order chi connectivity index (χ1) is 12.9. The molecule has 148 valence electrons. The maximum atomic E-state index is 12.7. The van der Waals surface area contributed by atoms with Gasteiger partial charge in [0.15, 0.2) is 0 Å². The highest BCUT2D eigenvalue weighted by atomic mass is 79.9. The number of hydrogen-bond acceptors (Lipinski definition) is 4. The number of aryl methyl sites for hydroxylation is 2. The van der Waals surface area contributed by atoms with E-state index in [0.717, 1.165) is 49.4 Å². The summed E-state index contributed by atoms with van der Waals surface area (Å²) in [5.74, 6) is -0.153. The zero-order valence-corrected chi connectivity index (χ0v) is 18.4. The average molecular weight is 436 g/mol. The summed E-state index contributed by atoms with van der Waals surface area (Å²) >= 11 is 3.58. The lowest BCUT2D eigenvalue weighted by atomic mass is 9.79. The molecule has 2 aliphatic carbocycles. The van der Waals surface area contributed by atoms with Crippen LogP contribution in [0.15, 0.2) is 27.9 Å². The topological polar surface area (TPSA) is 47.6 Å². The second-order valence-corrected chi connectivity index (χ2v) is 8.83. The molecule has 0 amide bonds. The third-order valence-corrected chi connectivity index (χ3v) is 6.48. The Morgan fingerprint density at radius 3 is 2.26 bits per heavy atom. The van der Waals surface area contributed by atoms with Crippen molar-refractivity contribution in [3.63, 3.8) is 0 Å². The molecule has 0 aliphatic heterocycles. The van der Waals surface area contributed by atoms with Crippen LogP contribution in [0, 0.1) is 13.8 Å². The van der Waals surface area contributed by atoms with Crippen LogP contribution < -0.4 is 5.32 Å². The first kappa shape index (κ1) is 20.4. The number of hydrogen-bond donors (Lipinski definition) is 1. The van der Waals surface area contributed by atoms with Gasteiger partial charge in [-0.2, -0.15) is 0 Å². The fourth-order valence-electron chi connectivity index (χ4n) is 4.20. The number of carbonyl (C=O) groups excluding carboxylic acids is 1. The molecular formula is C22H30BrNO3. The fourth-order valence-corrected chi connectivity index (χ4v) is 4.89. The molecule has 0 heterocycles. The van der Waals surface area contributed by atoms with E-state index in [0.29, 0.717) is 0 Å². The Morgan fingerprint density at radius 1 is 1.19 bits per heavy atom. The van der Waals surface area contributed by atoms with Crippen LogP contribution in [0.1, 0.15) is 55.2 Å². The van der Waals surface area contributed by atoms with E-state index in [4.69, 9.17) is 9.47 Å². The van der Waals surface area contributed by atoms with Crippen molar-refractivity contribution in [2.45, 2.75) is 70.4 Å². The molecule has 27 heavy (non-hydrogen) atoms. The normalized spacial score (nSPS) is 24.5. The van der Waals surface area contributed by atoms with Gasteiger partial charge in [-0.3, -0.25) is 0 Å². The van der Waals surface area contributed by atoms with E-state index in [1.165, 1.54) is 35.1 Å². The third kappa shape index (κ3) is 4.57. The van der Waals surface area contributed by atoms with Crippen LogP contribution in [0.4, 0.5) is 0 Å². The standard InChI is InChI=1S/C22H30BrNO3/c1-14-11-17(23)12-15(2)19(14)13-20(16-5-6-16)24-22(21(25)27-4)9-7-18(26-3)8-10-22/h11-12,18,24H,5-10,13H2,1-4H3. The number of carbonyl (C=O) groups is 1. The molecule has 0 unspecified atom stereocenters. The summed E-state index contributed by atoms with van der Waals surface area (Å²) in [6.07, 6.45) is 6.55. The molecule has 0 radical (unpaired) electrons. The van der Waals surface area contributed by atoms with Crippen molar-refractivity contribution in [2.24, 2.45) is 0 Å². The van der Waals surface area contributed by atoms with E-state index in [9.17, 15) is 4.79 Å². The lowest BCUT2D eigenvalue weighted by Crippen LogP contribution is -2.55. The van der Waals surface area contributed by atoms with Gasteiger partial charge in [0, 0.05) is 23.7 Å². The Morgan fingerprint density at radius 2 is 1.78 bits per heavy atom. The first-order valence-corrected chi connectivity index (χ1v) is 10.5. The van der Waals surface area contributed by atoms with Crippen LogP contribution in [0.2, 0.25) is 0 Å². The molecule has 1 aromatic carbocycles. The van der Waals surface area contributed by atoms with Gasteiger partial charge in [0.05, 0.1) is 13.2 Å². The van der Waals surface area contributed by atoms with Gasteiger partial charge < -0.3 is 14.8 Å². The smallest absolute Gasteiger partial charge is 0.331 e. The highest BCUT2D eigenvalue weighted by Crippen LogP contribution is 2.37. The van der Waals surface area contributed by atoms with Crippen LogP contribution in [0.5, 0.6) is 0 Å². The van der Waals surface area contributed by atoms with Gasteiger partial charge in [-0.25, -0.2) is 4.79 Å². The van der Waals surface area contributed by atoms with E-state index in [2.05, 4.69) is 47.2 Å². The molecule has 2 saturated carbocycles. The molecule has 0 aromatic heterocycles. The molecular weight excluding hydrogens is 406 g/mol. The highest BCUT2D eigenvalue weighted by molar-refractivity contribution is 9.10. The van der Waals surface area contributed by atoms with Crippen molar-refractivity contribution in [3.05, 3.63) is 44.6 Å². The number of ether oxygens (including phenoxy) is 2. The molecule has 1 aromatic rings. The average Bonchev–Trinajstić information content (AvgIpc) is 3.48. The molecule has 0 atom stereocenters. The molecule has 4 nitrogen and oxygen atoms in total. The third-order valence-electron chi connectivity index (χ3n) is 6.03. The number of nitrogens with one attached hydrogen (secondary N) is 1. The van der Waals surface area contributed by atoms with E-state index >= 15 is 0 Å². The van der Waals surface area contributed by atoms with Crippen molar-refractivity contribution < 1.29 is 14.3 Å². The molecule has 5 heteroatoms. The first-order valence-electron chi connectivity index (χ1n) is 9.74. The monoisotopic (exact) mass is 435 g/mol. The SMILES string of the molecule is COC(=O)C1(NC(Cc2c(C)cc(Br)cc2C)=C2CC2)CCC(OC)CC1. The van der Waals surface area contributed by atoms with Crippen molar-refractivity contribution in [3.8, 4) is 0 Å². The predicted molar refractivity (Wildman–Crippen MR) is 111 cm³/mol. The Hall–Kier alpha value is -1.33. The summed E-state index contributed by atoms with van der Waals surface area (Å²) in [6, 6.07) is 4.33. The number of halogens is 1. The Labute approximate surface area is 170 Å². The van der Waals surface area contributed by atoms with Crippen molar-refractivity contribution in [2.75, 3.05) is 14.2 Å². The quantitative estimate of drug-likeness (QED) is 0.654. The molecule has 2 aliphatic rings. The van der Waals surface area contributed by atoms with Gasteiger partial charge in [-0.05, 0) is 81.2 Å². The number of esters is 1. The maximum Gasteiger partial charge on any atom is 0.331 e. The molecule has 1 N–H and O–H groups in total. The van der Waals surface area contributed by atoms with Crippen molar-refractivity contribution >= 4 is 21.9 Å². The van der Waals surface area contributed by atoms with Gasteiger partial charge in [-0.15, -0.1) is 0 Å². The van der Waals surface area contributed by atoms with Gasteiger partial charge in [0.2, 0.25) is 0 Å². The largest absolute Gasteiger partial charge is 0.467 e. The Kier molecular flexibility index (Phi) is 6.32. The van der Waals surface area contributed by atoms with Crippen LogP contribution >= 0.6 is 15.9 Å². The van der Waals surface area contributed by atoms with Crippen molar-refractivity contribution in [1.82, 2.24) is 5.32 Å². The van der Waals surface area contributed by atoms with Gasteiger partial charge in [0.1, 0.15) is 5.54 Å². The second kappa shape index (κ2) is 8.36. The summed E-state index contributed by atoms with van der Waals surface area (Å²) in [5.41, 5.74) is 5.91. The highest BCUT2D eigenvalue weighted by Gasteiger charge is 2.44. The van der Waals surface area contributed by atoms with E-state index in [-0.39, 0.29) is 12.1 Å². The number of benzene rings is 1. The molecule has 0 spiro atoms. The Balaban J connectivity index is 1.86. The molecule has 0 saturated heterocycles. The van der Waals surface area contributed by atoms with Gasteiger partial charge in [0.25, 0.3) is 0 Å². The van der Waals surface area contributed by atoms with Crippen LogP contribution in [-0.2, 0) is 20.7 Å². The van der Waals surface area contributed by atoms with Crippen molar-refractivity contribution in [1.29, 1.82) is 0 Å². The minimum atomic E-state index is -0.633. The maximum absolute atomic E-state index is 12.7. The fraction of sp³-hybridized carbons (Fsp3) is 0.591. The minimum absolute atomic E-state index is 0.153. The molecule has 0 bridgehead atoms. The minimum Gasteiger partial charge on any atom is -0.467 e. The summed E-state index contributed by atoms with van der Waals surface area (Å²) in [4.78, 5) is 12.7. The number of rotatable bonds is 6. The molecule has 2 fully saturated rings. The van der Waals surface area contributed by atoms with E-state index in [1.807, 2.05) is 0 Å². The summed E-state index contributed by atoms with van der Waals surface area (Å²) in [5, 5.41) is 3.68. The predicted octanol–water partition coefficient (Wildman–Crippen LogP) is 4.75.